The topological polar surface area (TPSA) is 64.3 Å². The van der Waals surface area contributed by atoms with Crippen molar-refractivity contribution in [3.8, 4) is 5.75 Å². The summed E-state index contributed by atoms with van der Waals surface area (Å²) in [5.41, 5.74) is 6.14. The van der Waals surface area contributed by atoms with Gasteiger partial charge in [-0.05, 0) is 20.0 Å². The van der Waals surface area contributed by atoms with Crippen LogP contribution in [0.1, 0.15) is 12.5 Å². The third-order valence-electron chi connectivity index (χ3n) is 2.04. The maximum atomic E-state index is 10.9. The van der Waals surface area contributed by atoms with Crippen LogP contribution in [0.2, 0.25) is 0 Å². The predicted octanol–water partition coefficient (Wildman–Crippen LogP) is 0.659. The van der Waals surface area contributed by atoms with Gasteiger partial charge >= 0.3 is 0 Å². The van der Waals surface area contributed by atoms with Crippen molar-refractivity contribution in [3.05, 3.63) is 29.8 Å². The summed E-state index contributed by atoms with van der Waals surface area (Å²) in [6, 6.07) is 7.56. The summed E-state index contributed by atoms with van der Waals surface area (Å²) < 4.78 is 5.44. The van der Waals surface area contributed by atoms with E-state index in [0.29, 0.717) is 12.3 Å². The van der Waals surface area contributed by atoms with E-state index < -0.39 is 12.0 Å². The van der Waals surface area contributed by atoms with Crippen molar-refractivity contribution in [2.45, 2.75) is 19.6 Å². The largest absolute Gasteiger partial charge is 0.481 e. The summed E-state index contributed by atoms with van der Waals surface area (Å²) in [6.45, 7) is 2.33. The van der Waals surface area contributed by atoms with Gasteiger partial charge in [-0.2, -0.15) is 0 Å². The Morgan fingerprint density at radius 1 is 1.53 bits per heavy atom. The third-order valence-corrected chi connectivity index (χ3v) is 2.04. The summed E-state index contributed by atoms with van der Waals surface area (Å²) >= 11 is 0. The van der Waals surface area contributed by atoms with Gasteiger partial charge in [-0.3, -0.25) is 4.79 Å². The Morgan fingerprint density at radius 2 is 2.20 bits per heavy atom. The number of ether oxygens (including phenoxy) is 1. The molecule has 3 N–H and O–H groups in total. The first kappa shape index (κ1) is 11.5. The molecule has 82 valence electrons. The number of benzene rings is 1. The standard InChI is InChI=1S/C11H16N2O2/c1-8(11(12)14)15-10-6-4-3-5-9(10)7-13-2/h3-6,8,13H,7H2,1-2H3,(H2,12,14). The third kappa shape index (κ3) is 3.25. The Kier molecular flexibility index (Phi) is 4.12. The molecule has 0 bridgehead atoms. The van der Waals surface area contributed by atoms with Gasteiger partial charge in [0.05, 0.1) is 0 Å². The minimum absolute atomic E-state index is 0.464. The quantitative estimate of drug-likeness (QED) is 0.747. The fourth-order valence-corrected chi connectivity index (χ4v) is 1.20. The van der Waals surface area contributed by atoms with Gasteiger partial charge in [-0.15, -0.1) is 0 Å². The Hall–Kier alpha value is -1.55. The number of carbonyl (C=O) groups excluding carboxylic acids is 1. The molecule has 0 aliphatic carbocycles. The Bertz CT molecular complexity index is 339. The number of para-hydroxylation sites is 1. The van der Waals surface area contributed by atoms with E-state index in [9.17, 15) is 4.79 Å². The number of carbonyl (C=O) groups is 1. The number of hydrogen-bond acceptors (Lipinski definition) is 3. The molecule has 1 amide bonds. The maximum absolute atomic E-state index is 10.9. The van der Waals surface area contributed by atoms with Gasteiger partial charge < -0.3 is 15.8 Å². The molecule has 0 saturated heterocycles. The normalized spacial score (nSPS) is 12.1. The number of hydrogen-bond donors (Lipinski definition) is 2. The second-order valence-corrected chi connectivity index (χ2v) is 3.30. The lowest BCUT2D eigenvalue weighted by molar-refractivity contribution is -0.124. The van der Waals surface area contributed by atoms with Crippen LogP contribution in [0.15, 0.2) is 24.3 Å². The zero-order chi connectivity index (χ0) is 11.3. The van der Waals surface area contributed by atoms with Gasteiger partial charge in [-0.25, -0.2) is 0 Å². The highest BCUT2D eigenvalue weighted by molar-refractivity contribution is 5.78. The molecule has 0 aromatic heterocycles. The second kappa shape index (κ2) is 5.36. The number of nitrogens with one attached hydrogen (secondary N) is 1. The van der Waals surface area contributed by atoms with Gasteiger partial charge in [0, 0.05) is 12.1 Å². The predicted molar refractivity (Wildman–Crippen MR) is 58.5 cm³/mol. The highest BCUT2D eigenvalue weighted by Gasteiger charge is 2.11. The van der Waals surface area contributed by atoms with Crippen molar-refractivity contribution in [2.24, 2.45) is 5.73 Å². The molecular weight excluding hydrogens is 192 g/mol. The molecule has 0 heterocycles. The molecule has 1 rings (SSSR count). The van der Waals surface area contributed by atoms with Crippen LogP contribution in [0.25, 0.3) is 0 Å². The fraction of sp³-hybridized carbons (Fsp3) is 0.364. The lowest BCUT2D eigenvalue weighted by Gasteiger charge is -2.14. The first-order chi connectivity index (χ1) is 7.15. The second-order valence-electron chi connectivity index (χ2n) is 3.30. The van der Waals surface area contributed by atoms with Crippen LogP contribution in [0, 0.1) is 0 Å². The van der Waals surface area contributed by atoms with Crippen molar-refractivity contribution in [1.29, 1.82) is 0 Å². The van der Waals surface area contributed by atoms with E-state index in [-0.39, 0.29) is 0 Å². The maximum Gasteiger partial charge on any atom is 0.258 e. The van der Waals surface area contributed by atoms with Crippen LogP contribution in [-0.2, 0) is 11.3 Å². The van der Waals surface area contributed by atoms with Gasteiger partial charge in [0.1, 0.15) is 5.75 Å². The molecule has 0 radical (unpaired) electrons. The molecule has 0 spiro atoms. The Balaban J connectivity index is 2.79. The van der Waals surface area contributed by atoms with E-state index >= 15 is 0 Å². The van der Waals surface area contributed by atoms with Crippen molar-refractivity contribution in [3.63, 3.8) is 0 Å². The average molecular weight is 208 g/mol. The molecule has 1 atom stereocenters. The van der Waals surface area contributed by atoms with E-state index in [2.05, 4.69) is 5.32 Å². The van der Waals surface area contributed by atoms with Gasteiger partial charge in [-0.1, -0.05) is 18.2 Å². The van der Waals surface area contributed by atoms with Gasteiger partial charge in [0.25, 0.3) is 5.91 Å². The van der Waals surface area contributed by atoms with E-state index in [1.54, 1.807) is 6.92 Å². The summed E-state index contributed by atoms with van der Waals surface area (Å²) in [4.78, 5) is 10.9. The Labute approximate surface area is 89.4 Å². The lowest BCUT2D eigenvalue weighted by Crippen LogP contribution is -2.31. The summed E-state index contributed by atoms with van der Waals surface area (Å²) in [7, 11) is 1.86. The average Bonchev–Trinajstić information content (AvgIpc) is 2.21. The van der Waals surface area contributed by atoms with Gasteiger partial charge in [0.2, 0.25) is 0 Å². The van der Waals surface area contributed by atoms with Crippen molar-refractivity contribution >= 4 is 5.91 Å². The van der Waals surface area contributed by atoms with Crippen LogP contribution in [0.5, 0.6) is 5.75 Å². The first-order valence-corrected chi connectivity index (χ1v) is 4.83. The minimum atomic E-state index is -0.608. The highest BCUT2D eigenvalue weighted by Crippen LogP contribution is 2.18. The molecule has 0 aliphatic heterocycles. The molecule has 1 aromatic rings. The van der Waals surface area contributed by atoms with Crippen molar-refractivity contribution in [1.82, 2.24) is 5.32 Å². The molecule has 1 unspecified atom stereocenters. The van der Waals surface area contributed by atoms with Crippen LogP contribution in [0.3, 0.4) is 0 Å². The number of rotatable bonds is 5. The minimum Gasteiger partial charge on any atom is -0.481 e. The number of nitrogens with two attached hydrogens (primary N) is 1. The lowest BCUT2D eigenvalue weighted by atomic mass is 10.2. The smallest absolute Gasteiger partial charge is 0.258 e. The van der Waals surface area contributed by atoms with Crippen LogP contribution < -0.4 is 15.8 Å². The molecule has 0 saturated carbocycles. The summed E-state index contributed by atoms with van der Waals surface area (Å²) in [6.07, 6.45) is -0.608. The van der Waals surface area contributed by atoms with Crippen LogP contribution in [-0.4, -0.2) is 19.1 Å². The molecule has 4 heteroatoms. The number of primary amides is 1. The summed E-state index contributed by atoms with van der Waals surface area (Å²) in [5.74, 6) is 0.229. The monoisotopic (exact) mass is 208 g/mol. The van der Waals surface area contributed by atoms with Gasteiger partial charge in [0.15, 0.2) is 6.10 Å². The van der Waals surface area contributed by atoms with Crippen LogP contribution >= 0.6 is 0 Å². The van der Waals surface area contributed by atoms with E-state index in [0.717, 1.165) is 5.56 Å². The zero-order valence-corrected chi connectivity index (χ0v) is 8.99. The number of amides is 1. The zero-order valence-electron chi connectivity index (χ0n) is 8.99. The highest BCUT2D eigenvalue weighted by atomic mass is 16.5. The molecule has 0 fully saturated rings. The van der Waals surface area contributed by atoms with E-state index in [1.807, 2.05) is 31.3 Å². The SMILES string of the molecule is CNCc1ccccc1OC(C)C(N)=O. The Morgan fingerprint density at radius 3 is 2.80 bits per heavy atom. The molecular formula is C11H16N2O2. The van der Waals surface area contributed by atoms with Crippen molar-refractivity contribution in [2.75, 3.05) is 7.05 Å². The molecule has 4 nitrogen and oxygen atoms in total. The first-order valence-electron chi connectivity index (χ1n) is 4.83. The molecule has 15 heavy (non-hydrogen) atoms. The fourth-order valence-electron chi connectivity index (χ4n) is 1.20. The van der Waals surface area contributed by atoms with E-state index in [1.165, 1.54) is 0 Å². The molecule has 1 aromatic carbocycles. The van der Waals surface area contributed by atoms with Crippen LogP contribution in [0.4, 0.5) is 0 Å². The van der Waals surface area contributed by atoms with E-state index in [4.69, 9.17) is 10.5 Å². The molecule has 0 aliphatic rings. The van der Waals surface area contributed by atoms with Crippen molar-refractivity contribution < 1.29 is 9.53 Å². The summed E-state index contributed by atoms with van der Waals surface area (Å²) in [5, 5.41) is 3.03.